The van der Waals surface area contributed by atoms with E-state index in [0.717, 1.165) is 17.0 Å². The van der Waals surface area contributed by atoms with Crippen molar-refractivity contribution in [2.24, 2.45) is 0 Å². The van der Waals surface area contributed by atoms with Gasteiger partial charge in [-0.25, -0.2) is 0 Å². The Balaban J connectivity index is 1.79. The first kappa shape index (κ1) is 20.1. The molecule has 6 nitrogen and oxygen atoms in total. The van der Waals surface area contributed by atoms with Crippen molar-refractivity contribution < 1.29 is 13.9 Å². The SMILES string of the molecule is Cc1c(C#N)c(NC(=O)COc2ccc(Cl)cc2Br)n(Cc2ccco2)c1C. The van der Waals surface area contributed by atoms with E-state index in [1.54, 1.807) is 30.5 Å². The number of hydrogen-bond acceptors (Lipinski definition) is 4. The lowest BCUT2D eigenvalue weighted by Crippen LogP contribution is -2.23. The number of furan rings is 1. The highest BCUT2D eigenvalue weighted by molar-refractivity contribution is 9.10. The molecule has 0 radical (unpaired) electrons. The molecule has 0 unspecified atom stereocenters. The van der Waals surface area contributed by atoms with Crippen LogP contribution in [-0.4, -0.2) is 17.1 Å². The molecule has 0 aliphatic carbocycles. The molecule has 8 heteroatoms. The van der Waals surface area contributed by atoms with E-state index in [1.165, 1.54) is 0 Å². The molecule has 0 aliphatic rings. The minimum absolute atomic E-state index is 0.213. The van der Waals surface area contributed by atoms with E-state index in [9.17, 15) is 10.1 Å². The minimum Gasteiger partial charge on any atom is -0.483 e. The molecule has 1 aromatic carbocycles. The Bertz CT molecular complexity index is 1050. The summed E-state index contributed by atoms with van der Waals surface area (Å²) in [5.74, 6) is 1.27. The molecular formula is C20H17BrClN3O3. The van der Waals surface area contributed by atoms with Crippen molar-refractivity contribution in [2.75, 3.05) is 11.9 Å². The van der Waals surface area contributed by atoms with Crippen molar-refractivity contribution in [1.82, 2.24) is 4.57 Å². The van der Waals surface area contributed by atoms with Crippen LogP contribution >= 0.6 is 27.5 Å². The summed E-state index contributed by atoms with van der Waals surface area (Å²) in [5.41, 5.74) is 2.11. The molecule has 0 atom stereocenters. The van der Waals surface area contributed by atoms with Gasteiger partial charge in [-0.1, -0.05) is 11.6 Å². The number of nitriles is 1. The number of anilines is 1. The minimum atomic E-state index is -0.378. The van der Waals surface area contributed by atoms with Gasteiger partial charge in [-0.15, -0.1) is 0 Å². The number of aromatic nitrogens is 1. The number of amides is 1. The third kappa shape index (κ3) is 4.24. The highest BCUT2D eigenvalue weighted by Gasteiger charge is 2.20. The summed E-state index contributed by atoms with van der Waals surface area (Å²) in [7, 11) is 0. The third-order valence-electron chi connectivity index (χ3n) is 4.35. The molecular weight excluding hydrogens is 446 g/mol. The van der Waals surface area contributed by atoms with Crippen LogP contribution in [0, 0.1) is 25.2 Å². The molecule has 1 N–H and O–H groups in total. The number of halogens is 2. The second kappa shape index (κ2) is 8.55. The summed E-state index contributed by atoms with van der Waals surface area (Å²) in [4.78, 5) is 12.5. The molecule has 2 aromatic heterocycles. The van der Waals surface area contributed by atoms with Gasteiger partial charge in [0.05, 0.1) is 22.8 Å². The standard InChI is InChI=1S/C20H17BrClN3O3/c1-12-13(2)25(10-15-4-3-7-27-15)20(16(12)9-23)24-19(26)11-28-18-6-5-14(22)8-17(18)21/h3-8H,10-11H2,1-2H3,(H,24,26). The van der Waals surface area contributed by atoms with Crippen molar-refractivity contribution in [3.05, 3.63) is 68.7 Å². The second-order valence-corrected chi connectivity index (χ2v) is 7.41. The lowest BCUT2D eigenvalue weighted by Gasteiger charge is -2.13. The predicted molar refractivity (Wildman–Crippen MR) is 110 cm³/mol. The Kier molecular flexibility index (Phi) is 6.12. The number of carbonyl (C=O) groups is 1. The maximum atomic E-state index is 12.5. The van der Waals surface area contributed by atoms with Crippen molar-refractivity contribution in [2.45, 2.75) is 20.4 Å². The Morgan fingerprint density at radius 1 is 1.39 bits per heavy atom. The zero-order valence-corrected chi connectivity index (χ0v) is 17.6. The number of rotatable bonds is 6. The molecule has 0 saturated carbocycles. The second-order valence-electron chi connectivity index (χ2n) is 6.12. The van der Waals surface area contributed by atoms with Gasteiger partial charge in [0.1, 0.15) is 23.4 Å². The van der Waals surface area contributed by atoms with E-state index < -0.39 is 0 Å². The topological polar surface area (TPSA) is 80.2 Å². The molecule has 3 aromatic rings. The average Bonchev–Trinajstić information content (AvgIpc) is 3.24. The Morgan fingerprint density at radius 3 is 2.82 bits per heavy atom. The third-order valence-corrected chi connectivity index (χ3v) is 5.20. The van der Waals surface area contributed by atoms with Crippen LogP contribution in [0.1, 0.15) is 22.6 Å². The number of ether oxygens (including phenoxy) is 1. The van der Waals surface area contributed by atoms with Crippen LogP contribution in [0.25, 0.3) is 0 Å². The molecule has 0 bridgehead atoms. The lowest BCUT2D eigenvalue weighted by molar-refractivity contribution is -0.118. The maximum absolute atomic E-state index is 12.5. The molecule has 0 aliphatic heterocycles. The van der Waals surface area contributed by atoms with Gasteiger partial charge in [0.2, 0.25) is 0 Å². The molecule has 3 rings (SSSR count). The summed E-state index contributed by atoms with van der Waals surface area (Å²) in [6.45, 7) is 3.94. The summed E-state index contributed by atoms with van der Waals surface area (Å²) >= 11 is 9.25. The number of hydrogen-bond donors (Lipinski definition) is 1. The zero-order chi connectivity index (χ0) is 20.3. The van der Waals surface area contributed by atoms with E-state index in [2.05, 4.69) is 27.3 Å². The van der Waals surface area contributed by atoms with Gasteiger partial charge in [-0.2, -0.15) is 5.26 Å². The molecule has 2 heterocycles. The van der Waals surface area contributed by atoms with Gasteiger partial charge in [-0.05, 0) is 65.7 Å². The van der Waals surface area contributed by atoms with E-state index in [1.807, 2.05) is 24.5 Å². The number of nitrogens with one attached hydrogen (secondary N) is 1. The average molecular weight is 463 g/mol. The maximum Gasteiger partial charge on any atom is 0.263 e. The van der Waals surface area contributed by atoms with Gasteiger partial charge in [-0.3, -0.25) is 4.79 Å². The van der Waals surface area contributed by atoms with Crippen LogP contribution in [0.5, 0.6) is 5.75 Å². The zero-order valence-electron chi connectivity index (χ0n) is 15.3. The number of benzene rings is 1. The highest BCUT2D eigenvalue weighted by Crippen LogP contribution is 2.29. The summed E-state index contributed by atoms with van der Waals surface area (Å²) in [6.07, 6.45) is 1.59. The van der Waals surface area contributed by atoms with Gasteiger partial charge >= 0.3 is 0 Å². The predicted octanol–water partition coefficient (Wildman–Crippen LogP) is 5.05. The number of carbonyl (C=O) groups excluding carboxylic acids is 1. The molecule has 28 heavy (non-hydrogen) atoms. The fraction of sp³-hybridized carbons (Fsp3) is 0.200. The van der Waals surface area contributed by atoms with E-state index in [-0.39, 0.29) is 12.5 Å². The fourth-order valence-electron chi connectivity index (χ4n) is 2.79. The van der Waals surface area contributed by atoms with Crippen LogP contribution in [0.4, 0.5) is 5.82 Å². The van der Waals surface area contributed by atoms with Crippen LogP contribution in [0.3, 0.4) is 0 Å². The summed E-state index contributed by atoms with van der Waals surface area (Å²) in [6, 6.07) is 10.8. The van der Waals surface area contributed by atoms with Crippen LogP contribution in [0.2, 0.25) is 5.02 Å². The molecule has 1 amide bonds. The Labute approximate surface area is 175 Å². The molecule has 0 saturated heterocycles. The number of nitrogens with zero attached hydrogens (tertiary/aromatic N) is 2. The van der Waals surface area contributed by atoms with Crippen molar-refractivity contribution >= 4 is 39.3 Å². The van der Waals surface area contributed by atoms with Crippen molar-refractivity contribution in [1.29, 1.82) is 5.26 Å². The van der Waals surface area contributed by atoms with Crippen molar-refractivity contribution in [3.63, 3.8) is 0 Å². The quantitative estimate of drug-likeness (QED) is 0.556. The van der Waals surface area contributed by atoms with E-state index >= 15 is 0 Å². The van der Waals surface area contributed by atoms with E-state index in [0.29, 0.717) is 33.2 Å². The largest absolute Gasteiger partial charge is 0.483 e. The van der Waals surface area contributed by atoms with Gasteiger partial charge in [0.25, 0.3) is 5.91 Å². The van der Waals surface area contributed by atoms with Crippen LogP contribution in [0.15, 0.2) is 45.5 Å². The monoisotopic (exact) mass is 461 g/mol. The van der Waals surface area contributed by atoms with Gasteiger partial charge < -0.3 is 19.0 Å². The van der Waals surface area contributed by atoms with Gasteiger partial charge in [0.15, 0.2) is 6.61 Å². The Morgan fingerprint density at radius 2 is 2.18 bits per heavy atom. The van der Waals surface area contributed by atoms with Crippen molar-refractivity contribution in [3.8, 4) is 11.8 Å². The first-order chi connectivity index (χ1) is 13.4. The molecule has 0 spiro atoms. The van der Waals surface area contributed by atoms with Gasteiger partial charge in [0, 0.05) is 10.7 Å². The molecule has 0 fully saturated rings. The highest BCUT2D eigenvalue weighted by atomic mass is 79.9. The van der Waals surface area contributed by atoms with Crippen LogP contribution < -0.4 is 10.1 Å². The smallest absolute Gasteiger partial charge is 0.263 e. The summed E-state index contributed by atoms with van der Waals surface area (Å²) in [5, 5.41) is 12.9. The summed E-state index contributed by atoms with van der Waals surface area (Å²) < 4.78 is 13.5. The molecule has 144 valence electrons. The first-order valence-electron chi connectivity index (χ1n) is 8.40. The first-order valence-corrected chi connectivity index (χ1v) is 9.57. The Hall–Kier alpha value is -2.69. The van der Waals surface area contributed by atoms with Crippen LogP contribution in [-0.2, 0) is 11.3 Å². The lowest BCUT2D eigenvalue weighted by atomic mass is 10.2. The van der Waals surface area contributed by atoms with E-state index in [4.69, 9.17) is 20.8 Å². The fourth-order valence-corrected chi connectivity index (χ4v) is 3.59. The normalized spacial score (nSPS) is 10.5.